The van der Waals surface area contributed by atoms with Crippen molar-refractivity contribution in [1.29, 1.82) is 0 Å². The van der Waals surface area contributed by atoms with Gasteiger partial charge in [-0.15, -0.1) is 0 Å². The molecule has 0 saturated carbocycles. The quantitative estimate of drug-likeness (QED) is 0.830. The SMILES string of the molecule is COc1cc(C(=O)O)ccc1OCC(=O)c1ccc(C)cc1. The molecule has 0 aliphatic heterocycles. The van der Waals surface area contributed by atoms with E-state index in [1.165, 1.54) is 25.3 Å². The standard InChI is InChI=1S/C17H16O5/c1-11-3-5-12(6-4-11)14(18)10-22-15-8-7-13(17(19)20)9-16(15)21-2/h3-9H,10H2,1-2H3,(H,19,20). The van der Waals surface area contributed by atoms with Crippen LogP contribution in [0.25, 0.3) is 0 Å². The second-order valence-electron chi connectivity index (χ2n) is 4.75. The summed E-state index contributed by atoms with van der Waals surface area (Å²) in [6, 6.07) is 11.4. The van der Waals surface area contributed by atoms with Crippen molar-refractivity contribution in [2.24, 2.45) is 0 Å². The summed E-state index contributed by atoms with van der Waals surface area (Å²) in [6.45, 7) is 1.80. The molecule has 0 spiro atoms. The van der Waals surface area contributed by atoms with Crippen LogP contribution in [0.2, 0.25) is 0 Å². The Morgan fingerprint density at radius 3 is 2.23 bits per heavy atom. The molecule has 2 rings (SSSR count). The van der Waals surface area contributed by atoms with Gasteiger partial charge < -0.3 is 14.6 Å². The number of aromatic carboxylic acids is 1. The highest BCUT2D eigenvalue weighted by Crippen LogP contribution is 2.28. The third-order valence-electron chi connectivity index (χ3n) is 3.14. The molecule has 2 aromatic carbocycles. The fraction of sp³-hybridized carbons (Fsp3) is 0.176. The normalized spacial score (nSPS) is 10.1. The summed E-state index contributed by atoms with van der Waals surface area (Å²) in [5.41, 5.74) is 1.73. The highest BCUT2D eigenvalue weighted by Gasteiger charge is 2.12. The number of benzene rings is 2. The maximum absolute atomic E-state index is 12.0. The van der Waals surface area contributed by atoms with Gasteiger partial charge in [0.15, 0.2) is 23.9 Å². The predicted octanol–water partition coefficient (Wildman–Crippen LogP) is 2.96. The van der Waals surface area contributed by atoms with Crippen molar-refractivity contribution in [2.45, 2.75) is 6.92 Å². The zero-order valence-corrected chi connectivity index (χ0v) is 12.3. The van der Waals surface area contributed by atoms with Gasteiger partial charge in [0.05, 0.1) is 12.7 Å². The number of carbonyl (C=O) groups is 2. The summed E-state index contributed by atoms with van der Waals surface area (Å²) in [4.78, 5) is 23.0. The van der Waals surface area contributed by atoms with Crippen LogP contribution in [0.5, 0.6) is 11.5 Å². The highest BCUT2D eigenvalue weighted by atomic mass is 16.5. The Morgan fingerprint density at radius 2 is 1.64 bits per heavy atom. The summed E-state index contributed by atoms with van der Waals surface area (Å²) >= 11 is 0. The molecule has 0 unspecified atom stereocenters. The van der Waals surface area contributed by atoms with Crippen LogP contribution in [0.4, 0.5) is 0 Å². The molecule has 0 aromatic heterocycles. The van der Waals surface area contributed by atoms with Gasteiger partial charge in [-0.2, -0.15) is 0 Å². The van der Waals surface area contributed by atoms with Crippen LogP contribution in [-0.4, -0.2) is 30.6 Å². The zero-order chi connectivity index (χ0) is 16.1. The predicted molar refractivity (Wildman–Crippen MR) is 81.0 cm³/mol. The number of Topliss-reactive ketones (excluding diaryl/α,β-unsaturated/α-hetero) is 1. The molecule has 0 radical (unpaired) electrons. The van der Waals surface area contributed by atoms with Gasteiger partial charge in [-0.05, 0) is 25.1 Å². The van der Waals surface area contributed by atoms with Crippen molar-refractivity contribution >= 4 is 11.8 Å². The lowest BCUT2D eigenvalue weighted by atomic mass is 10.1. The minimum absolute atomic E-state index is 0.0917. The lowest BCUT2D eigenvalue weighted by Crippen LogP contribution is -2.12. The van der Waals surface area contributed by atoms with Crippen LogP contribution in [0.3, 0.4) is 0 Å². The molecule has 0 aliphatic carbocycles. The summed E-state index contributed by atoms with van der Waals surface area (Å²) in [6.07, 6.45) is 0. The van der Waals surface area contributed by atoms with Gasteiger partial charge in [0.2, 0.25) is 0 Å². The van der Waals surface area contributed by atoms with E-state index in [0.717, 1.165) is 5.56 Å². The fourth-order valence-corrected chi connectivity index (χ4v) is 1.89. The van der Waals surface area contributed by atoms with E-state index in [1.807, 2.05) is 19.1 Å². The molecular weight excluding hydrogens is 284 g/mol. The molecule has 5 heteroatoms. The molecule has 2 aromatic rings. The van der Waals surface area contributed by atoms with Crippen LogP contribution < -0.4 is 9.47 Å². The fourth-order valence-electron chi connectivity index (χ4n) is 1.89. The van der Waals surface area contributed by atoms with Crippen molar-refractivity contribution in [3.63, 3.8) is 0 Å². The average molecular weight is 300 g/mol. The first-order valence-corrected chi connectivity index (χ1v) is 6.65. The Balaban J connectivity index is 2.09. The molecular formula is C17H16O5. The third-order valence-corrected chi connectivity index (χ3v) is 3.14. The lowest BCUT2D eigenvalue weighted by molar-refractivity contribution is 0.0695. The van der Waals surface area contributed by atoms with Gasteiger partial charge in [-0.3, -0.25) is 4.79 Å². The van der Waals surface area contributed by atoms with E-state index in [0.29, 0.717) is 11.3 Å². The third kappa shape index (κ3) is 3.63. The van der Waals surface area contributed by atoms with Gasteiger partial charge in [0, 0.05) is 5.56 Å². The molecule has 22 heavy (non-hydrogen) atoms. The first-order chi connectivity index (χ1) is 10.5. The monoisotopic (exact) mass is 300 g/mol. The smallest absolute Gasteiger partial charge is 0.335 e. The Bertz CT molecular complexity index is 689. The minimum atomic E-state index is -1.06. The molecule has 5 nitrogen and oxygen atoms in total. The summed E-state index contributed by atoms with van der Waals surface area (Å²) in [5.74, 6) is -0.616. The van der Waals surface area contributed by atoms with E-state index in [-0.39, 0.29) is 23.7 Å². The molecule has 0 saturated heterocycles. The molecule has 114 valence electrons. The summed E-state index contributed by atoms with van der Waals surface area (Å²) in [7, 11) is 1.41. The van der Waals surface area contributed by atoms with Crippen molar-refractivity contribution in [3.8, 4) is 11.5 Å². The van der Waals surface area contributed by atoms with Gasteiger partial charge in [-0.25, -0.2) is 4.79 Å². The largest absolute Gasteiger partial charge is 0.493 e. The maximum atomic E-state index is 12.0. The Hall–Kier alpha value is -2.82. The van der Waals surface area contributed by atoms with Gasteiger partial charge in [0.1, 0.15) is 0 Å². The zero-order valence-electron chi connectivity index (χ0n) is 12.3. The lowest BCUT2D eigenvalue weighted by Gasteiger charge is -2.11. The Labute approximate surface area is 128 Å². The van der Waals surface area contributed by atoms with Crippen LogP contribution in [-0.2, 0) is 0 Å². The number of aryl methyl sites for hydroxylation is 1. The first-order valence-electron chi connectivity index (χ1n) is 6.65. The topological polar surface area (TPSA) is 72.8 Å². The molecule has 0 heterocycles. The van der Waals surface area contributed by atoms with Crippen LogP contribution in [0.1, 0.15) is 26.3 Å². The molecule has 0 bridgehead atoms. The second-order valence-corrected chi connectivity index (χ2v) is 4.75. The van der Waals surface area contributed by atoms with Crippen LogP contribution >= 0.6 is 0 Å². The maximum Gasteiger partial charge on any atom is 0.335 e. The van der Waals surface area contributed by atoms with E-state index in [9.17, 15) is 9.59 Å². The number of carbonyl (C=O) groups excluding carboxylic acids is 1. The molecule has 0 aliphatic rings. The number of hydrogen-bond donors (Lipinski definition) is 1. The van der Waals surface area contributed by atoms with Crippen LogP contribution in [0.15, 0.2) is 42.5 Å². The first kappa shape index (κ1) is 15.6. The number of methoxy groups -OCH3 is 1. The van der Waals surface area contributed by atoms with E-state index in [1.54, 1.807) is 12.1 Å². The molecule has 0 atom stereocenters. The minimum Gasteiger partial charge on any atom is -0.493 e. The number of carboxylic acids is 1. The van der Waals surface area contributed by atoms with Crippen molar-refractivity contribution in [3.05, 3.63) is 59.2 Å². The Morgan fingerprint density at radius 1 is 1.00 bits per heavy atom. The average Bonchev–Trinajstić information content (AvgIpc) is 2.52. The van der Waals surface area contributed by atoms with Crippen molar-refractivity contribution in [2.75, 3.05) is 13.7 Å². The molecule has 0 amide bonds. The molecule has 0 fully saturated rings. The number of ketones is 1. The summed E-state index contributed by atoms with van der Waals surface area (Å²) in [5, 5.41) is 8.93. The number of carboxylic acid groups (broad SMARTS) is 1. The van der Waals surface area contributed by atoms with E-state index in [4.69, 9.17) is 14.6 Å². The van der Waals surface area contributed by atoms with E-state index < -0.39 is 5.97 Å². The van der Waals surface area contributed by atoms with Crippen molar-refractivity contribution in [1.82, 2.24) is 0 Å². The van der Waals surface area contributed by atoms with Crippen LogP contribution in [0, 0.1) is 6.92 Å². The van der Waals surface area contributed by atoms with E-state index >= 15 is 0 Å². The van der Waals surface area contributed by atoms with Gasteiger partial charge in [0.25, 0.3) is 0 Å². The van der Waals surface area contributed by atoms with E-state index in [2.05, 4.69) is 0 Å². The summed E-state index contributed by atoms with van der Waals surface area (Å²) < 4.78 is 10.5. The second kappa shape index (κ2) is 6.76. The molecule has 1 N–H and O–H groups in total. The highest BCUT2D eigenvalue weighted by molar-refractivity contribution is 5.97. The van der Waals surface area contributed by atoms with Gasteiger partial charge >= 0.3 is 5.97 Å². The Kier molecular flexibility index (Phi) is 4.78. The van der Waals surface area contributed by atoms with Gasteiger partial charge in [-0.1, -0.05) is 29.8 Å². The van der Waals surface area contributed by atoms with Crippen molar-refractivity contribution < 1.29 is 24.2 Å². The number of ether oxygens (including phenoxy) is 2. The number of hydrogen-bond acceptors (Lipinski definition) is 4. The number of rotatable bonds is 6.